The summed E-state index contributed by atoms with van der Waals surface area (Å²) in [4.78, 5) is 58.5. The highest BCUT2D eigenvalue weighted by Crippen LogP contribution is 2.00. The zero-order chi connectivity index (χ0) is 22.2. The van der Waals surface area contributed by atoms with E-state index in [2.05, 4.69) is 16.0 Å². The third-order valence-electron chi connectivity index (χ3n) is 3.65. The molecule has 0 heterocycles. The molecule has 0 aliphatic rings. The molecule has 0 radical (unpaired) electrons. The standard InChI is InChI=1S/C15H27N5O8/c1-5(15(27)28)18-12(24)8(4-9(16)23)19-14(26)11(7(3)22)20-13(25)10(17)6(2)21/h5-8,10-11,21-22H,4,17H2,1-3H3,(H2,16,23)(H,18,24)(H,19,26)(H,20,25)(H,27,28). The van der Waals surface area contributed by atoms with Crippen molar-refractivity contribution in [1.29, 1.82) is 0 Å². The highest BCUT2D eigenvalue weighted by Gasteiger charge is 2.33. The maximum Gasteiger partial charge on any atom is 0.325 e. The van der Waals surface area contributed by atoms with Gasteiger partial charge in [-0.3, -0.25) is 24.0 Å². The Balaban J connectivity index is 5.32. The van der Waals surface area contributed by atoms with Gasteiger partial charge in [-0.15, -0.1) is 0 Å². The molecule has 28 heavy (non-hydrogen) atoms. The van der Waals surface area contributed by atoms with Crippen LogP contribution >= 0.6 is 0 Å². The summed E-state index contributed by atoms with van der Waals surface area (Å²) < 4.78 is 0. The number of hydrogen-bond donors (Lipinski definition) is 8. The number of aliphatic hydroxyl groups excluding tert-OH is 2. The highest BCUT2D eigenvalue weighted by molar-refractivity contribution is 5.96. The molecule has 6 atom stereocenters. The fourth-order valence-corrected chi connectivity index (χ4v) is 1.92. The molecule has 0 rings (SSSR count). The second-order valence-electron chi connectivity index (χ2n) is 6.29. The molecule has 0 aromatic heterocycles. The molecular weight excluding hydrogens is 378 g/mol. The number of carboxylic acid groups (broad SMARTS) is 1. The number of aliphatic carboxylic acids is 1. The van der Waals surface area contributed by atoms with Gasteiger partial charge in [0.1, 0.15) is 24.2 Å². The number of hydrogen-bond acceptors (Lipinski definition) is 8. The Bertz CT molecular complexity index is 609. The van der Waals surface area contributed by atoms with E-state index in [4.69, 9.17) is 16.6 Å². The van der Waals surface area contributed by atoms with Gasteiger partial charge in [-0.25, -0.2) is 0 Å². The van der Waals surface area contributed by atoms with E-state index in [0.29, 0.717) is 0 Å². The third kappa shape index (κ3) is 8.28. The van der Waals surface area contributed by atoms with Crippen LogP contribution in [-0.2, 0) is 24.0 Å². The van der Waals surface area contributed by atoms with E-state index < -0.39 is 72.4 Å². The van der Waals surface area contributed by atoms with E-state index in [-0.39, 0.29) is 0 Å². The zero-order valence-corrected chi connectivity index (χ0v) is 15.7. The van der Waals surface area contributed by atoms with Crippen molar-refractivity contribution in [3.05, 3.63) is 0 Å². The number of amides is 4. The second kappa shape index (κ2) is 11.2. The lowest BCUT2D eigenvalue weighted by atomic mass is 10.1. The molecule has 0 spiro atoms. The van der Waals surface area contributed by atoms with E-state index in [1.807, 2.05) is 0 Å². The second-order valence-corrected chi connectivity index (χ2v) is 6.29. The van der Waals surface area contributed by atoms with E-state index in [1.165, 1.54) is 20.8 Å². The number of carbonyl (C=O) groups is 5. The lowest BCUT2D eigenvalue weighted by molar-refractivity contribution is -0.142. The molecule has 0 saturated heterocycles. The van der Waals surface area contributed by atoms with Gasteiger partial charge in [0.15, 0.2) is 0 Å². The highest BCUT2D eigenvalue weighted by atomic mass is 16.4. The molecule has 160 valence electrons. The van der Waals surface area contributed by atoms with Gasteiger partial charge in [0.2, 0.25) is 23.6 Å². The number of aliphatic hydroxyl groups is 2. The van der Waals surface area contributed by atoms with Crippen molar-refractivity contribution < 1.29 is 39.3 Å². The Morgan fingerprint density at radius 3 is 1.79 bits per heavy atom. The molecule has 13 heteroatoms. The summed E-state index contributed by atoms with van der Waals surface area (Å²) in [5, 5.41) is 34.2. The number of nitrogens with two attached hydrogens (primary N) is 2. The predicted octanol–water partition coefficient (Wildman–Crippen LogP) is -4.49. The third-order valence-corrected chi connectivity index (χ3v) is 3.65. The number of primary amides is 1. The van der Waals surface area contributed by atoms with Crippen molar-refractivity contribution in [1.82, 2.24) is 16.0 Å². The number of carbonyl (C=O) groups excluding carboxylic acids is 4. The van der Waals surface area contributed by atoms with Gasteiger partial charge in [0, 0.05) is 0 Å². The number of carboxylic acids is 1. The first-order chi connectivity index (χ1) is 12.8. The molecule has 0 aliphatic heterocycles. The molecule has 10 N–H and O–H groups in total. The van der Waals surface area contributed by atoms with Crippen LogP contribution in [0.2, 0.25) is 0 Å². The Morgan fingerprint density at radius 2 is 1.39 bits per heavy atom. The van der Waals surface area contributed by atoms with Crippen LogP contribution < -0.4 is 27.4 Å². The molecule has 6 unspecified atom stereocenters. The van der Waals surface area contributed by atoms with Crippen molar-refractivity contribution >= 4 is 29.6 Å². The fourth-order valence-electron chi connectivity index (χ4n) is 1.92. The smallest absolute Gasteiger partial charge is 0.325 e. The van der Waals surface area contributed by atoms with E-state index >= 15 is 0 Å². The summed E-state index contributed by atoms with van der Waals surface area (Å²) >= 11 is 0. The van der Waals surface area contributed by atoms with E-state index in [9.17, 15) is 34.2 Å². The largest absolute Gasteiger partial charge is 0.480 e. The maximum absolute atomic E-state index is 12.4. The molecule has 0 fully saturated rings. The Morgan fingerprint density at radius 1 is 0.857 bits per heavy atom. The summed E-state index contributed by atoms with van der Waals surface area (Å²) in [6.07, 6.45) is -3.32. The summed E-state index contributed by atoms with van der Waals surface area (Å²) in [6.45, 7) is 3.59. The molecule has 0 bridgehead atoms. The average Bonchev–Trinajstić information content (AvgIpc) is 2.56. The molecule has 13 nitrogen and oxygen atoms in total. The first-order valence-electron chi connectivity index (χ1n) is 8.31. The van der Waals surface area contributed by atoms with Crippen LogP contribution in [0.1, 0.15) is 27.2 Å². The lowest BCUT2D eigenvalue weighted by Gasteiger charge is -2.26. The minimum Gasteiger partial charge on any atom is -0.480 e. The number of rotatable bonds is 11. The molecule has 4 amide bonds. The van der Waals surface area contributed by atoms with Gasteiger partial charge in [-0.2, -0.15) is 0 Å². The van der Waals surface area contributed by atoms with Crippen molar-refractivity contribution in [2.24, 2.45) is 11.5 Å². The van der Waals surface area contributed by atoms with Crippen molar-refractivity contribution in [3.63, 3.8) is 0 Å². The van der Waals surface area contributed by atoms with E-state index in [0.717, 1.165) is 0 Å². The lowest BCUT2D eigenvalue weighted by Crippen LogP contribution is -2.61. The quantitative estimate of drug-likeness (QED) is 0.165. The Hall–Kier alpha value is -2.77. The predicted molar refractivity (Wildman–Crippen MR) is 94.3 cm³/mol. The topological polar surface area (TPSA) is 234 Å². The van der Waals surface area contributed by atoms with Crippen molar-refractivity contribution in [2.75, 3.05) is 0 Å². The van der Waals surface area contributed by atoms with Gasteiger partial charge in [-0.05, 0) is 20.8 Å². The van der Waals surface area contributed by atoms with Crippen molar-refractivity contribution in [2.45, 2.75) is 63.6 Å². The molecule has 0 aromatic carbocycles. The van der Waals surface area contributed by atoms with Crippen LogP contribution in [-0.4, -0.2) is 81.3 Å². The average molecular weight is 405 g/mol. The van der Waals surface area contributed by atoms with Gasteiger partial charge < -0.3 is 42.7 Å². The normalized spacial score (nSPS) is 17.2. The van der Waals surface area contributed by atoms with Crippen LogP contribution in [0.3, 0.4) is 0 Å². The van der Waals surface area contributed by atoms with Crippen LogP contribution in [0.4, 0.5) is 0 Å². The summed E-state index contributed by atoms with van der Waals surface area (Å²) in [7, 11) is 0. The van der Waals surface area contributed by atoms with Crippen LogP contribution in [0.5, 0.6) is 0 Å². The fraction of sp³-hybridized carbons (Fsp3) is 0.667. The molecule has 0 aliphatic carbocycles. The Kier molecular flexibility index (Phi) is 10.1. The maximum atomic E-state index is 12.4. The summed E-state index contributed by atoms with van der Waals surface area (Å²) in [6, 6.07) is -5.81. The molecule has 0 saturated carbocycles. The van der Waals surface area contributed by atoms with Gasteiger partial charge in [0.05, 0.1) is 18.6 Å². The van der Waals surface area contributed by atoms with Crippen molar-refractivity contribution in [3.8, 4) is 0 Å². The zero-order valence-electron chi connectivity index (χ0n) is 15.7. The minimum absolute atomic E-state index is 0.655. The van der Waals surface area contributed by atoms with Crippen LogP contribution in [0.15, 0.2) is 0 Å². The van der Waals surface area contributed by atoms with Gasteiger partial charge in [-0.1, -0.05) is 0 Å². The van der Waals surface area contributed by atoms with Crippen LogP contribution in [0.25, 0.3) is 0 Å². The molecule has 0 aromatic rings. The summed E-state index contributed by atoms with van der Waals surface area (Å²) in [5.74, 6) is -5.30. The van der Waals surface area contributed by atoms with Gasteiger partial charge in [0.25, 0.3) is 0 Å². The first kappa shape index (κ1) is 25.2. The SMILES string of the molecule is CC(NC(=O)C(CC(N)=O)NC(=O)C(NC(=O)C(N)C(C)O)C(C)O)C(=O)O. The monoisotopic (exact) mass is 405 g/mol. The first-order valence-corrected chi connectivity index (χ1v) is 8.31. The van der Waals surface area contributed by atoms with Crippen LogP contribution in [0, 0.1) is 0 Å². The van der Waals surface area contributed by atoms with E-state index in [1.54, 1.807) is 0 Å². The molecular formula is C15H27N5O8. The number of nitrogens with one attached hydrogen (secondary N) is 3. The Labute approximate surface area is 160 Å². The minimum atomic E-state index is -1.57. The van der Waals surface area contributed by atoms with Gasteiger partial charge >= 0.3 is 5.97 Å². The summed E-state index contributed by atoms with van der Waals surface area (Å²) in [5.41, 5.74) is 10.5.